The van der Waals surface area contributed by atoms with Crippen LogP contribution in [0.2, 0.25) is 0 Å². The van der Waals surface area contributed by atoms with Crippen molar-refractivity contribution in [3.8, 4) is 0 Å². The second-order valence-electron chi connectivity index (χ2n) is 1.94. The maximum atomic E-state index is 11.5. The summed E-state index contributed by atoms with van der Waals surface area (Å²) in [6.07, 6.45) is 2.82. The smallest absolute Gasteiger partial charge is 0.361 e. The number of nitrogens with zero attached hydrogens (tertiary/aromatic N) is 2. The lowest BCUT2D eigenvalue weighted by molar-refractivity contribution is 0.00471. The van der Waals surface area contributed by atoms with Gasteiger partial charge in [-0.1, -0.05) is 12.2 Å². The Bertz CT molecular complexity index is 255. The fourth-order valence-electron chi connectivity index (χ4n) is 0.480. The summed E-state index contributed by atoms with van der Waals surface area (Å²) in [5, 5.41) is 0. The van der Waals surface area contributed by atoms with E-state index in [0.29, 0.717) is 0 Å². The highest BCUT2D eigenvalue weighted by Gasteiger charge is 2.26. The zero-order valence-corrected chi connectivity index (χ0v) is 8.02. The van der Waals surface area contributed by atoms with Crippen molar-refractivity contribution in [2.24, 2.45) is 0 Å². The minimum atomic E-state index is -3.44. The van der Waals surface area contributed by atoms with Gasteiger partial charge in [-0.05, 0) is 0 Å². The molecule has 0 unspecified atom stereocenters. The lowest BCUT2D eigenvalue weighted by Gasteiger charge is -2.07. The Morgan fingerprint density at radius 1 is 1.31 bits per heavy atom. The average molecular weight is 202 g/mol. The van der Waals surface area contributed by atoms with Crippen LogP contribution in [0.3, 0.4) is 0 Å². The van der Waals surface area contributed by atoms with Crippen LogP contribution in [0.15, 0.2) is 25.3 Å². The van der Waals surface area contributed by atoms with Gasteiger partial charge in [0.1, 0.15) is 0 Å². The second kappa shape index (κ2) is 6.52. The van der Waals surface area contributed by atoms with E-state index in [2.05, 4.69) is 17.9 Å². The van der Waals surface area contributed by atoms with Crippen LogP contribution in [0.5, 0.6) is 0 Å². The van der Waals surface area contributed by atoms with Crippen LogP contribution in [-0.2, 0) is 13.6 Å². The molecule has 0 fully saturated rings. The van der Waals surface area contributed by atoms with Gasteiger partial charge in [0.2, 0.25) is 0 Å². The Labute approximate surface area is 76.8 Å². The molecule has 0 aromatic carbocycles. The molecule has 0 aliphatic carbocycles. The van der Waals surface area contributed by atoms with Gasteiger partial charge < -0.3 is 5.53 Å². The van der Waals surface area contributed by atoms with E-state index in [1.165, 1.54) is 12.2 Å². The molecule has 0 aromatic rings. The summed E-state index contributed by atoms with van der Waals surface area (Å²) in [5.74, 6) is 0.722. The Hall–Kier alpha value is -0.990. The summed E-state index contributed by atoms with van der Waals surface area (Å²) in [6.45, 7) is 6.86. The van der Waals surface area contributed by atoms with Gasteiger partial charge >= 0.3 is 13.6 Å². The van der Waals surface area contributed by atoms with Gasteiger partial charge in [0.05, 0.1) is 13.2 Å². The van der Waals surface area contributed by atoms with E-state index < -0.39 is 7.60 Å². The van der Waals surface area contributed by atoms with Crippen molar-refractivity contribution < 1.29 is 18.4 Å². The van der Waals surface area contributed by atoms with Crippen molar-refractivity contribution in [1.82, 2.24) is 0 Å². The van der Waals surface area contributed by atoms with Gasteiger partial charge in [-0.2, -0.15) is 4.79 Å². The van der Waals surface area contributed by atoms with Crippen molar-refractivity contribution in [2.45, 2.75) is 0 Å². The van der Waals surface area contributed by atoms with Crippen molar-refractivity contribution in [1.29, 1.82) is 0 Å². The van der Waals surface area contributed by atoms with Crippen LogP contribution in [-0.4, -0.2) is 24.0 Å². The highest BCUT2D eigenvalue weighted by atomic mass is 31.2. The zero-order chi connectivity index (χ0) is 10.2. The Balaban J connectivity index is 4.32. The third kappa shape index (κ3) is 5.28. The molecule has 0 N–H and O–H groups in total. The first kappa shape index (κ1) is 12.0. The fourth-order valence-corrected chi connectivity index (χ4v) is 1.44. The van der Waals surface area contributed by atoms with Crippen LogP contribution < -0.4 is 0 Å². The molecule has 5 nitrogen and oxygen atoms in total. The molecule has 13 heavy (non-hydrogen) atoms. The lowest BCUT2D eigenvalue weighted by Crippen LogP contribution is -1.97. The predicted molar refractivity (Wildman–Crippen MR) is 49.6 cm³/mol. The van der Waals surface area contributed by atoms with Crippen molar-refractivity contribution in [2.75, 3.05) is 13.2 Å². The maximum Gasteiger partial charge on any atom is 0.434 e. The van der Waals surface area contributed by atoms with Crippen molar-refractivity contribution in [3.63, 3.8) is 0 Å². The lowest BCUT2D eigenvalue weighted by atomic mass is 10.7. The van der Waals surface area contributed by atoms with Gasteiger partial charge in [-0.3, -0.25) is 9.05 Å². The largest absolute Gasteiger partial charge is 0.434 e. The molecule has 6 heteroatoms. The van der Waals surface area contributed by atoms with E-state index in [1.54, 1.807) is 0 Å². The molecular weight excluding hydrogens is 191 g/mol. The second-order valence-corrected chi connectivity index (χ2v) is 3.77. The molecule has 0 radical (unpaired) electrons. The molecule has 0 saturated carbocycles. The van der Waals surface area contributed by atoms with E-state index in [4.69, 9.17) is 14.6 Å². The Morgan fingerprint density at radius 3 is 2.08 bits per heavy atom. The molecule has 0 atom stereocenters. The summed E-state index contributed by atoms with van der Waals surface area (Å²) in [7, 11) is -3.44. The van der Waals surface area contributed by atoms with E-state index in [9.17, 15) is 4.57 Å². The van der Waals surface area contributed by atoms with Crippen LogP contribution >= 0.6 is 7.60 Å². The summed E-state index contributed by atoms with van der Waals surface area (Å²) >= 11 is 0. The van der Waals surface area contributed by atoms with Crippen LogP contribution in [0.25, 0.3) is 5.53 Å². The normalized spacial score (nSPS) is 10.2. The van der Waals surface area contributed by atoms with Crippen molar-refractivity contribution >= 4 is 13.6 Å². The quantitative estimate of drug-likeness (QED) is 0.208. The summed E-state index contributed by atoms with van der Waals surface area (Å²) in [4.78, 5) is 2.61. The van der Waals surface area contributed by atoms with Gasteiger partial charge in [0.25, 0.3) is 0 Å². The zero-order valence-electron chi connectivity index (χ0n) is 7.13. The molecule has 0 spiro atoms. The summed E-state index contributed by atoms with van der Waals surface area (Å²) in [5.41, 5.74) is 8.19. The molecule has 0 saturated heterocycles. The Morgan fingerprint density at radius 2 is 1.77 bits per heavy atom. The molecule has 0 bridgehead atoms. The standard InChI is InChI=1S/C7H11N2O3P/c1-3-5-11-13(10,7-9-8)12-6-4-2/h3-4,7H,1-2,5-6H2. The third-order valence-corrected chi connectivity index (χ3v) is 2.34. The fraction of sp³-hybridized carbons (Fsp3) is 0.286. The number of rotatable bonds is 7. The Kier molecular flexibility index (Phi) is 6.02. The van der Waals surface area contributed by atoms with Crippen molar-refractivity contribution in [3.05, 3.63) is 30.8 Å². The van der Waals surface area contributed by atoms with E-state index >= 15 is 0 Å². The molecule has 0 heterocycles. The molecule has 72 valence electrons. The molecule has 0 aliphatic rings. The molecule has 0 rings (SSSR count). The number of hydrogen-bond donors (Lipinski definition) is 0. The monoisotopic (exact) mass is 202 g/mol. The molecule has 0 amide bonds. The van der Waals surface area contributed by atoms with Crippen LogP contribution in [0.1, 0.15) is 0 Å². The number of hydrogen-bond acceptors (Lipinski definition) is 3. The van der Waals surface area contributed by atoms with Gasteiger partial charge in [0.15, 0.2) is 0 Å². The van der Waals surface area contributed by atoms with Gasteiger partial charge in [-0.15, -0.1) is 13.2 Å². The molecule has 0 aromatic heterocycles. The first-order valence-electron chi connectivity index (χ1n) is 3.47. The third-order valence-electron chi connectivity index (χ3n) is 0.938. The van der Waals surface area contributed by atoms with Crippen LogP contribution in [0, 0.1) is 0 Å². The highest BCUT2D eigenvalue weighted by molar-refractivity contribution is 7.69. The summed E-state index contributed by atoms with van der Waals surface area (Å²) in [6, 6.07) is 0. The van der Waals surface area contributed by atoms with Crippen LogP contribution in [0.4, 0.5) is 0 Å². The topological polar surface area (TPSA) is 71.9 Å². The minimum Gasteiger partial charge on any atom is -0.361 e. The molecular formula is C7H11N2O3P. The highest BCUT2D eigenvalue weighted by Crippen LogP contribution is 2.44. The van der Waals surface area contributed by atoms with E-state index in [1.807, 2.05) is 0 Å². The van der Waals surface area contributed by atoms with E-state index in [0.717, 1.165) is 5.96 Å². The summed E-state index contributed by atoms with van der Waals surface area (Å²) < 4.78 is 21.0. The maximum absolute atomic E-state index is 11.5. The predicted octanol–water partition coefficient (Wildman–Crippen LogP) is 1.84. The first-order chi connectivity index (χ1) is 6.18. The van der Waals surface area contributed by atoms with Gasteiger partial charge in [-0.25, -0.2) is 4.57 Å². The average Bonchev–Trinajstić information content (AvgIpc) is 2.12. The molecule has 0 aliphatic heterocycles. The SMILES string of the molecule is C=CCOP(=O)(C=[N+]=[N-])OCC=C. The van der Waals surface area contributed by atoms with Gasteiger partial charge in [0, 0.05) is 0 Å². The first-order valence-corrected chi connectivity index (χ1v) is 5.09. The minimum absolute atomic E-state index is 0.0560. The van der Waals surface area contributed by atoms with E-state index in [-0.39, 0.29) is 13.2 Å².